The van der Waals surface area contributed by atoms with Gasteiger partial charge in [-0.25, -0.2) is 4.79 Å². The molecule has 0 bridgehead atoms. The van der Waals surface area contributed by atoms with Crippen LogP contribution in [-0.4, -0.2) is 31.6 Å². The second-order valence-electron chi connectivity index (χ2n) is 3.85. The Morgan fingerprint density at radius 1 is 1.33 bits per heavy atom. The molecule has 0 aromatic heterocycles. The summed E-state index contributed by atoms with van der Waals surface area (Å²) < 4.78 is 10.1. The van der Waals surface area contributed by atoms with Crippen LogP contribution in [0.4, 0.5) is 0 Å². The lowest BCUT2D eigenvalue weighted by molar-refractivity contribution is -0.145. The van der Waals surface area contributed by atoms with Gasteiger partial charge in [0.1, 0.15) is 12.4 Å². The van der Waals surface area contributed by atoms with Gasteiger partial charge in [0.15, 0.2) is 6.04 Å². The number of amides is 1. The number of para-hydroxylation sites is 1. The van der Waals surface area contributed by atoms with Gasteiger partial charge < -0.3 is 14.8 Å². The number of nitrogens with one attached hydrogen (secondary N) is 1. The first-order valence-corrected chi connectivity index (χ1v) is 5.58. The molecule has 0 fully saturated rings. The van der Waals surface area contributed by atoms with Gasteiger partial charge in [-0.2, -0.15) is 0 Å². The van der Waals surface area contributed by atoms with Gasteiger partial charge in [-0.1, -0.05) is 18.2 Å². The van der Waals surface area contributed by atoms with E-state index in [9.17, 15) is 9.59 Å². The number of ether oxygens (including phenoxy) is 2. The largest absolute Gasteiger partial charge is 0.491 e. The number of esters is 1. The average Bonchev–Trinajstić information content (AvgIpc) is 2.34. The molecule has 1 unspecified atom stereocenters. The summed E-state index contributed by atoms with van der Waals surface area (Å²) in [5.74, 6) is -0.158. The van der Waals surface area contributed by atoms with Crippen LogP contribution in [0.25, 0.3) is 0 Å². The molecule has 5 heteroatoms. The lowest BCUT2D eigenvalue weighted by Crippen LogP contribution is -2.44. The summed E-state index contributed by atoms with van der Waals surface area (Å²) in [5, 5.41) is 2.48. The summed E-state index contributed by atoms with van der Waals surface area (Å²) in [6, 6.07) is 6.65. The molecule has 0 aliphatic rings. The summed E-state index contributed by atoms with van der Waals surface area (Å²) >= 11 is 0. The molecule has 1 rings (SSSR count). The van der Waals surface area contributed by atoms with E-state index in [0.29, 0.717) is 5.75 Å². The highest BCUT2D eigenvalue weighted by atomic mass is 16.5. The third kappa shape index (κ3) is 4.08. The number of carbonyl (C=O) groups excluding carboxylic acids is 2. The molecule has 1 aromatic rings. The Morgan fingerprint density at radius 3 is 2.56 bits per heavy atom. The Kier molecular flexibility index (Phi) is 5.17. The minimum Gasteiger partial charge on any atom is -0.491 e. The minimum absolute atomic E-state index is 0.0388. The molecule has 1 atom stereocenters. The SMILES string of the molecule is COC(=O)C(COc1ccccc1C)NC(C)=O. The predicted molar refractivity (Wildman–Crippen MR) is 66.3 cm³/mol. The lowest BCUT2D eigenvalue weighted by Gasteiger charge is -2.17. The molecule has 0 spiro atoms. The molecular weight excluding hydrogens is 234 g/mol. The number of hydrogen-bond acceptors (Lipinski definition) is 4. The molecule has 0 aliphatic carbocycles. The van der Waals surface area contributed by atoms with Gasteiger partial charge in [-0.3, -0.25) is 4.79 Å². The Labute approximate surface area is 106 Å². The van der Waals surface area contributed by atoms with Crippen LogP contribution >= 0.6 is 0 Å². The van der Waals surface area contributed by atoms with E-state index in [1.165, 1.54) is 14.0 Å². The topological polar surface area (TPSA) is 64.6 Å². The number of rotatable bonds is 5. The van der Waals surface area contributed by atoms with Crippen molar-refractivity contribution < 1.29 is 19.1 Å². The van der Waals surface area contributed by atoms with Gasteiger partial charge in [-0.05, 0) is 18.6 Å². The van der Waals surface area contributed by atoms with Gasteiger partial charge in [0, 0.05) is 6.92 Å². The fraction of sp³-hybridized carbons (Fsp3) is 0.385. The molecule has 0 radical (unpaired) electrons. The Morgan fingerprint density at radius 2 is 2.00 bits per heavy atom. The van der Waals surface area contributed by atoms with Crippen molar-refractivity contribution in [2.75, 3.05) is 13.7 Å². The van der Waals surface area contributed by atoms with Crippen LogP contribution in [0.3, 0.4) is 0 Å². The quantitative estimate of drug-likeness (QED) is 0.794. The number of methoxy groups -OCH3 is 1. The molecule has 18 heavy (non-hydrogen) atoms. The molecule has 0 saturated heterocycles. The Bertz CT molecular complexity index is 431. The van der Waals surface area contributed by atoms with Crippen molar-refractivity contribution >= 4 is 11.9 Å². The second-order valence-corrected chi connectivity index (χ2v) is 3.85. The summed E-state index contributed by atoms with van der Waals surface area (Å²) in [4.78, 5) is 22.4. The van der Waals surface area contributed by atoms with E-state index in [-0.39, 0.29) is 12.5 Å². The van der Waals surface area contributed by atoms with Crippen molar-refractivity contribution in [3.05, 3.63) is 29.8 Å². The van der Waals surface area contributed by atoms with E-state index in [2.05, 4.69) is 10.1 Å². The van der Waals surface area contributed by atoms with Crippen LogP contribution < -0.4 is 10.1 Å². The van der Waals surface area contributed by atoms with Gasteiger partial charge in [-0.15, -0.1) is 0 Å². The highest BCUT2D eigenvalue weighted by Gasteiger charge is 2.21. The van der Waals surface area contributed by atoms with Crippen molar-refractivity contribution in [2.45, 2.75) is 19.9 Å². The normalized spacial score (nSPS) is 11.5. The molecule has 1 amide bonds. The average molecular weight is 251 g/mol. The number of aryl methyl sites for hydroxylation is 1. The third-order valence-corrected chi connectivity index (χ3v) is 2.36. The first kappa shape index (κ1) is 14.0. The zero-order chi connectivity index (χ0) is 13.5. The Hall–Kier alpha value is -2.04. The van der Waals surface area contributed by atoms with Crippen LogP contribution in [0.2, 0.25) is 0 Å². The van der Waals surface area contributed by atoms with Crippen molar-refractivity contribution in [1.29, 1.82) is 0 Å². The standard InChI is InChI=1S/C13H17NO4/c1-9-6-4-5-7-12(9)18-8-11(13(16)17-3)14-10(2)15/h4-7,11H,8H2,1-3H3,(H,14,15). The van der Waals surface area contributed by atoms with Crippen molar-refractivity contribution in [1.82, 2.24) is 5.32 Å². The maximum absolute atomic E-state index is 11.4. The molecule has 0 heterocycles. The molecule has 98 valence electrons. The smallest absolute Gasteiger partial charge is 0.331 e. The van der Waals surface area contributed by atoms with Crippen molar-refractivity contribution in [3.63, 3.8) is 0 Å². The Balaban J connectivity index is 2.64. The monoisotopic (exact) mass is 251 g/mol. The van der Waals surface area contributed by atoms with E-state index >= 15 is 0 Å². The molecular formula is C13H17NO4. The first-order chi connectivity index (χ1) is 8.54. The third-order valence-electron chi connectivity index (χ3n) is 2.36. The van der Waals surface area contributed by atoms with Crippen LogP contribution in [0.15, 0.2) is 24.3 Å². The van der Waals surface area contributed by atoms with Gasteiger partial charge in [0.05, 0.1) is 7.11 Å². The van der Waals surface area contributed by atoms with Crippen molar-refractivity contribution in [2.24, 2.45) is 0 Å². The fourth-order valence-electron chi connectivity index (χ4n) is 1.45. The second kappa shape index (κ2) is 6.64. The molecule has 0 aliphatic heterocycles. The van der Waals surface area contributed by atoms with E-state index in [4.69, 9.17) is 4.74 Å². The molecule has 5 nitrogen and oxygen atoms in total. The zero-order valence-corrected chi connectivity index (χ0v) is 10.7. The van der Waals surface area contributed by atoms with E-state index in [0.717, 1.165) is 5.56 Å². The van der Waals surface area contributed by atoms with Gasteiger partial charge >= 0.3 is 5.97 Å². The fourth-order valence-corrected chi connectivity index (χ4v) is 1.45. The number of benzene rings is 1. The predicted octanol–water partition coefficient (Wildman–Crippen LogP) is 1.05. The number of hydrogen-bond donors (Lipinski definition) is 1. The highest BCUT2D eigenvalue weighted by molar-refractivity contribution is 5.83. The van der Waals surface area contributed by atoms with Crippen LogP contribution in [0.5, 0.6) is 5.75 Å². The van der Waals surface area contributed by atoms with Gasteiger partial charge in [0.25, 0.3) is 0 Å². The molecule has 1 aromatic carbocycles. The van der Waals surface area contributed by atoms with E-state index in [1.54, 1.807) is 6.07 Å². The first-order valence-electron chi connectivity index (χ1n) is 5.58. The highest BCUT2D eigenvalue weighted by Crippen LogP contribution is 2.16. The van der Waals surface area contributed by atoms with E-state index < -0.39 is 12.0 Å². The maximum Gasteiger partial charge on any atom is 0.331 e. The minimum atomic E-state index is -0.799. The maximum atomic E-state index is 11.4. The van der Waals surface area contributed by atoms with E-state index in [1.807, 2.05) is 25.1 Å². The lowest BCUT2D eigenvalue weighted by atomic mass is 10.2. The summed E-state index contributed by atoms with van der Waals surface area (Å²) in [7, 11) is 1.27. The zero-order valence-electron chi connectivity index (χ0n) is 10.7. The summed E-state index contributed by atoms with van der Waals surface area (Å²) in [5.41, 5.74) is 0.962. The van der Waals surface area contributed by atoms with Crippen molar-refractivity contribution in [3.8, 4) is 5.75 Å². The van der Waals surface area contributed by atoms with Gasteiger partial charge in [0.2, 0.25) is 5.91 Å². The van der Waals surface area contributed by atoms with Crippen LogP contribution in [-0.2, 0) is 14.3 Å². The molecule has 0 saturated carbocycles. The van der Waals surface area contributed by atoms with Crippen LogP contribution in [0, 0.1) is 6.92 Å². The summed E-state index contributed by atoms with van der Waals surface area (Å²) in [6.45, 7) is 3.28. The summed E-state index contributed by atoms with van der Waals surface area (Å²) in [6.07, 6.45) is 0. The molecule has 1 N–H and O–H groups in total. The van der Waals surface area contributed by atoms with Crippen LogP contribution in [0.1, 0.15) is 12.5 Å². The number of carbonyl (C=O) groups is 2.